The second-order valence-corrected chi connectivity index (χ2v) is 5.05. The van der Waals surface area contributed by atoms with E-state index in [2.05, 4.69) is 42.3 Å². The van der Waals surface area contributed by atoms with Crippen molar-refractivity contribution in [2.24, 2.45) is 0 Å². The van der Waals surface area contributed by atoms with Gasteiger partial charge in [-0.25, -0.2) is 0 Å². The number of pyridine rings is 1. The molecule has 1 N–H and O–H groups in total. The molecular formula is C18H24N2O. The third-order valence-electron chi connectivity index (χ3n) is 3.56. The Labute approximate surface area is 127 Å². The number of nitrogens with one attached hydrogen (secondary N) is 1. The van der Waals surface area contributed by atoms with Gasteiger partial charge in [0.25, 0.3) is 0 Å². The molecule has 0 aliphatic carbocycles. The van der Waals surface area contributed by atoms with E-state index in [9.17, 15) is 0 Å². The minimum atomic E-state index is 0.214. The SMILES string of the molecule is CCNC(Cc1ncccc1C)c1ccccc1OCC. The number of para-hydroxylation sites is 1. The number of aromatic nitrogens is 1. The molecule has 0 radical (unpaired) electrons. The lowest BCUT2D eigenvalue weighted by atomic mass is 9.98. The number of rotatable bonds is 7. The van der Waals surface area contributed by atoms with Crippen molar-refractivity contribution in [1.82, 2.24) is 10.3 Å². The van der Waals surface area contributed by atoms with Crippen molar-refractivity contribution in [2.75, 3.05) is 13.2 Å². The molecule has 0 saturated heterocycles. The summed E-state index contributed by atoms with van der Waals surface area (Å²) in [5, 5.41) is 3.55. The van der Waals surface area contributed by atoms with E-state index in [4.69, 9.17) is 4.74 Å². The van der Waals surface area contributed by atoms with Crippen LogP contribution in [0.3, 0.4) is 0 Å². The second-order valence-electron chi connectivity index (χ2n) is 5.05. The van der Waals surface area contributed by atoms with E-state index < -0.39 is 0 Å². The fourth-order valence-electron chi connectivity index (χ4n) is 2.52. The smallest absolute Gasteiger partial charge is 0.124 e. The van der Waals surface area contributed by atoms with Crippen LogP contribution in [0.25, 0.3) is 0 Å². The van der Waals surface area contributed by atoms with Crippen LogP contribution in [0.2, 0.25) is 0 Å². The van der Waals surface area contributed by atoms with Crippen molar-refractivity contribution in [3.05, 3.63) is 59.4 Å². The maximum absolute atomic E-state index is 5.77. The van der Waals surface area contributed by atoms with Crippen LogP contribution in [-0.4, -0.2) is 18.1 Å². The van der Waals surface area contributed by atoms with E-state index in [0.717, 1.165) is 24.4 Å². The molecule has 0 aliphatic rings. The van der Waals surface area contributed by atoms with Crippen molar-refractivity contribution in [3.8, 4) is 5.75 Å². The molecule has 0 bridgehead atoms. The van der Waals surface area contributed by atoms with Crippen LogP contribution >= 0.6 is 0 Å². The first kappa shape index (κ1) is 15.5. The third-order valence-corrected chi connectivity index (χ3v) is 3.56. The molecule has 3 heteroatoms. The van der Waals surface area contributed by atoms with Gasteiger partial charge in [0.1, 0.15) is 5.75 Å². The molecule has 1 unspecified atom stereocenters. The highest BCUT2D eigenvalue weighted by molar-refractivity contribution is 5.37. The van der Waals surface area contributed by atoms with Crippen molar-refractivity contribution >= 4 is 0 Å². The Morgan fingerprint density at radius 1 is 1.14 bits per heavy atom. The Balaban J connectivity index is 2.29. The van der Waals surface area contributed by atoms with Gasteiger partial charge in [-0.15, -0.1) is 0 Å². The highest BCUT2D eigenvalue weighted by atomic mass is 16.5. The number of hydrogen-bond acceptors (Lipinski definition) is 3. The van der Waals surface area contributed by atoms with Gasteiger partial charge in [0.05, 0.1) is 6.61 Å². The fraction of sp³-hybridized carbons (Fsp3) is 0.389. The monoisotopic (exact) mass is 284 g/mol. The predicted octanol–water partition coefficient (Wildman–Crippen LogP) is 3.68. The van der Waals surface area contributed by atoms with Crippen LogP contribution in [0.1, 0.15) is 36.7 Å². The summed E-state index contributed by atoms with van der Waals surface area (Å²) in [5.74, 6) is 0.958. The third kappa shape index (κ3) is 4.05. The van der Waals surface area contributed by atoms with Crippen LogP contribution in [0.4, 0.5) is 0 Å². The summed E-state index contributed by atoms with van der Waals surface area (Å²) < 4.78 is 5.77. The van der Waals surface area contributed by atoms with Crippen LogP contribution in [0.15, 0.2) is 42.6 Å². The largest absolute Gasteiger partial charge is 0.494 e. The van der Waals surface area contributed by atoms with Crippen LogP contribution < -0.4 is 10.1 Å². The zero-order chi connectivity index (χ0) is 15.1. The van der Waals surface area contributed by atoms with Crippen molar-refractivity contribution in [3.63, 3.8) is 0 Å². The lowest BCUT2D eigenvalue weighted by Crippen LogP contribution is -2.24. The quantitative estimate of drug-likeness (QED) is 0.842. The molecule has 3 nitrogen and oxygen atoms in total. The Bertz CT molecular complexity index is 569. The summed E-state index contributed by atoms with van der Waals surface area (Å²) in [6.07, 6.45) is 2.73. The summed E-state index contributed by atoms with van der Waals surface area (Å²) in [6.45, 7) is 7.85. The van der Waals surface area contributed by atoms with Crippen LogP contribution in [0.5, 0.6) is 5.75 Å². The Morgan fingerprint density at radius 3 is 2.67 bits per heavy atom. The standard InChI is InChI=1S/C18H24N2O/c1-4-19-17(13-16-14(3)9-8-12-20-16)15-10-6-7-11-18(15)21-5-2/h6-12,17,19H,4-5,13H2,1-3H3. The highest BCUT2D eigenvalue weighted by Crippen LogP contribution is 2.28. The molecule has 112 valence electrons. The van der Waals surface area contributed by atoms with Gasteiger partial charge in [0.15, 0.2) is 0 Å². The molecular weight excluding hydrogens is 260 g/mol. The number of hydrogen-bond donors (Lipinski definition) is 1. The molecule has 2 rings (SSSR count). The first-order chi connectivity index (χ1) is 10.3. The average Bonchev–Trinajstić information content (AvgIpc) is 2.50. The van der Waals surface area contributed by atoms with Crippen molar-refractivity contribution in [1.29, 1.82) is 0 Å². The molecule has 0 spiro atoms. The van der Waals surface area contributed by atoms with Crippen LogP contribution in [-0.2, 0) is 6.42 Å². The van der Waals surface area contributed by atoms with E-state index in [1.807, 2.05) is 31.3 Å². The van der Waals surface area contributed by atoms with E-state index in [0.29, 0.717) is 6.61 Å². The summed E-state index contributed by atoms with van der Waals surface area (Å²) >= 11 is 0. The minimum Gasteiger partial charge on any atom is -0.494 e. The second kappa shape index (κ2) is 7.79. The number of benzene rings is 1. The molecule has 0 fully saturated rings. The zero-order valence-corrected chi connectivity index (χ0v) is 13.1. The van der Waals surface area contributed by atoms with E-state index in [-0.39, 0.29) is 6.04 Å². The fourth-order valence-corrected chi connectivity index (χ4v) is 2.52. The van der Waals surface area contributed by atoms with Gasteiger partial charge in [-0.3, -0.25) is 4.98 Å². The predicted molar refractivity (Wildman–Crippen MR) is 86.7 cm³/mol. The highest BCUT2D eigenvalue weighted by Gasteiger charge is 2.17. The zero-order valence-electron chi connectivity index (χ0n) is 13.1. The van der Waals surface area contributed by atoms with Crippen molar-refractivity contribution in [2.45, 2.75) is 33.2 Å². The van der Waals surface area contributed by atoms with E-state index in [1.165, 1.54) is 11.1 Å². The number of likely N-dealkylation sites (N-methyl/N-ethyl adjacent to an activating group) is 1. The van der Waals surface area contributed by atoms with Crippen molar-refractivity contribution < 1.29 is 4.74 Å². The lowest BCUT2D eigenvalue weighted by molar-refractivity contribution is 0.331. The Hall–Kier alpha value is -1.87. The average molecular weight is 284 g/mol. The maximum atomic E-state index is 5.77. The maximum Gasteiger partial charge on any atom is 0.124 e. The summed E-state index contributed by atoms with van der Waals surface area (Å²) in [5.41, 5.74) is 3.57. The molecule has 0 amide bonds. The number of nitrogens with zero attached hydrogens (tertiary/aromatic N) is 1. The Kier molecular flexibility index (Phi) is 5.76. The molecule has 21 heavy (non-hydrogen) atoms. The van der Waals surface area contributed by atoms with E-state index in [1.54, 1.807) is 0 Å². The van der Waals surface area contributed by atoms with Gasteiger partial charge in [0.2, 0.25) is 0 Å². The van der Waals surface area contributed by atoms with Crippen LogP contribution in [0, 0.1) is 6.92 Å². The summed E-state index contributed by atoms with van der Waals surface area (Å²) in [6, 6.07) is 12.6. The van der Waals surface area contributed by atoms with E-state index >= 15 is 0 Å². The molecule has 2 aromatic rings. The summed E-state index contributed by atoms with van der Waals surface area (Å²) in [4.78, 5) is 4.52. The summed E-state index contributed by atoms with van der Waals surface area (Å²) in [7, 11) is 0. The molecule has 0 saturated carbocycles. The van der Waals surface area contributed by atoms with Gasteiger partial charge >= 0.3 is 0 Å². The molecule has 1 atom stereocenters. The molecule has 0 aliphatic heterocycles. The number of aryl methyl sites for hydroxylation is 1. The van der Waals surface area contributed by atoms with Gasteiger partial charge in [-0.1, -0.05) is 31.2 Å². The minimum absolute atomic E-state index is 0.214. The molecule has 1 heterocycles. The molecule has 1 aromatic carbocycles. The van der Waals surface area contributed by atoms with Gasteiger partial charge in [0, 0.05) is 29.9 Å². The first-order valence-electron chi connectivity index (χ1n) is 7.61. The topological polar surface area (TPSA) is 34.2 Å². The number of ether oxygens (including phenoxy) is 1. The lowest BCUT2D eigenvalue weighted by Gasteiger charge is -2.21. The first-order valence-corrected chi connectivity index (χ1v) is 7.61. The Morgan fingerprint density at radius 2 is 1.95 bits per heavy atom. The van der Waals surface area contributed by atoms with Gasteiger partial charge < -0.3 is 10.1 Å². The normalized spacial score (nSPS) is 12.1. The van der Waals surface area contributed by atoms with Gasteiger partial charge in [-0.2, -0.15) is 0 Å². The molecule has 1 aromatic heterocycles. The van der Waals surface area contributed by atoms with Gasteiger partial charge in [-0.05, 0) is 38.1 Å².